The molecule has 102 valence electrons. The molecule has 0 bridgehead atoms. The number of aromatic carboxylic acids is 1. The number of hydrogen-bond acceptors (Lipinski definition) is 4. The van der Waals surface area contributed by atoms with E-state index in [2.05, 4.69) is 0 Å². The lowest BCUT2D eigenvalue weighted by Gasteiger charge is -2.13. The summed E-state index contributed by atoms with van der Waals surface area (Å²) < 4.78 is 18.9. The van der Waals surface area contributed by atoms with Crippen LogP contribution in [0.15, 0.2) is 12.1 Å². The number of carboxylic acids is 1. The molecule has 0 aromatic heterocycles. The molecule has 2 rings (SSSR count). The van der Waals surface area contributed by atoms with Gasteiger partial charge < -0.3 is 9.84 Å². The van der Waals surface area contributed by atoms with Gasteiger partial charge in [-0.15, -0.1) is 0 Å². The molecular formula is C12H12FNO5. The molecule has 1 fully saturated rings. The van der Waals surface area contributed by atoms with E-state index in [1.54, 1.807) is 0 Å². The number of nitrogens with zero attached hydrogens (tertiary/aromatic N) is 1. The zero-order valence-corrected chi connectivity index (χ0v) is 9.97. The highest BCUT2D eigenvalue weighted by molar-refractivity contribution is 5.89. The van der Waals surface area contributed by atoms with E-state index in [1.807, 2.05) is 0 Å². The SMILES string of the molecule is O=C(O)c1cc([N+](=O)[O-])c(OC2CCCC2)cc1F. The molecule has 7 heteroatoms. The summed E-state index contributed by atoms with van der Waals surface area (Å²) in [6, 6.07) is 1.47. The fourth-order valence-electron chi connectivity index (χ4n) is 2.13. The van der Waals surface area contributed by atoms with Crippen LogP contribution >= 0.6 is 0 Å². The normalized spacial score (nSPS) is 15.4. The Morgan fingerprint density at radius 3 is 2.58 bits per heavy atom. The predicted octanol–water partition coefficient (Wildman–Crippen LogP) is 2.75. The van der Waals surface area contributed by atoms with Crippen LogP contribution in [0.5, 0.6) is 5.75 Å². The van der Waals surface area contributed by atoms with Crippen molar-refractivity contribution < 1.29 is 24.0 Å². The summed E-state index contributed by atoms with van der Waals surface area (Å²) in [5.74, 6) is -2.79. The van der Waals surface area contributed by atoms with Gasteiger partial charge in [-0.05, 0) is 25.7 Å². The summed E-state index contributed by atoms with van der Waals surface area (Å²) in [6.45, 7) is 0. The maximum atomic E-state index is 13.5. The maximum absolute atomic E-state index is 13.5. The highest BCUT2D eigenvalue weighted by Crippen LogP contribution is 2.33. The van der Waals surface area contributed by atoms with E-state index >= 15 is 0 Å². The van der Waals surface area contributed by atoms with E-state index in [0.717, 1.165) is 31.7 Å². The van der Waals surface area contributed by atoms with E-state index in [1.165, 1.54) is 0 Å². The Hall–Kier alpha value is -2.18. The number of halogens is 1. The van der Waals surface area contributed by atoms with Crippen molar-refractivity contribution in [1.82, 2.24) is 0 Å². The Morgan fingerprint density at radius 2 is 2.05 bits per heavy atom. The molecule has 0 unspecified atom stereocenters. The van der Waals surface area contributed by atoms with E-state index < -0.39 is 28.0 Å². The van der Waals surface area contributed by atoms with Gasteiger partial charge in [0, 0.05) is 12.1 Å². The molecule has 1 aromatic carbocycles. The molecule has 0 aliphatic heterocycles. The largest absolute Gasteiger partial charge is 0.483 e. The van der Waals surface area contributed by atoms with Crippen LogP contribution in [0.25, 0.3) is 0 Å². The molecular weight excluding hydrogens is 257 g/mol. The molecule has 1 aromatic rings. The van der Waals surface area contributed by atoms with Crippen molar-refractivity contribution in [2.75, 3.05) is 0 Å². The van der Waals surface area contributed by atoms with E-state index in [9.17, 15) is 19.3 Å². The summed E-state index contributed by atoms with van der Waals surface area (Å²) in [6.07, 6.45) is 3.29. The van der Waals surface area contributed by atoms with Gasteiger partial charge in [-0.1, -0.05) is 0 Å². The van der Waals surface area contributed by atoms with E-state index in [0.29, 0.717) is 6.07 Å². The molecule has 0 radical (unpaired) electrons. The van der Waals surface area contributed by atoms with Gasteiger partial charge in [-0.3, -0.25) is 10.1 Å². The van der Waals surface area contributed by atoms with E-state index in [4.69, 9.17) is 9.84 Å². The third-order valence-electron chi connectivity index (χ3n) is 3.07. The minimum Gasteiger partial charge on any atom is -0.483 e. The number of carboxylic acid groups (broad SMARTS) is 1. The van der Waals surface area contributed by atoms with Gasteiger partial charge in [0.1, 0.15) is 11.4 Å². The zero-order valence-electron chi connectivity index (χ0n) is 9.97. The molecule has 1 saturated carbocycles. The number of benzene rings is 1. The Morgan fingerprint density at radius 1 is 1.42 bits per heavy atom. The number of nitro benzene ring substituents is 1. The van der Waals surface area contributed by atoms with Gasteiger partial charge in [-0.25, -0.2) is 9.18 Å². The molecule has 0 atom stereocenters. The van der Waals surface area contributed by atoms with Crippen molar-refractivity contribution in [3.63, 3.8) is 0 Å². The third-order valence-corrected chi connectivity index (χ3v) is 3.07. The average molecular weight is 269 g/mol. The lowest BCUT2D eigenvalue weighted by atomic mass is 10.1. The third kappa shape index (κ3) is 2.81. The van der Waals surface area contributed by atoms with Crippen molar-refractivity contribution >= 4 is 11.7 Å². The van der Waals surface area contributed by atoms with Gasteiger partial charge in [0.05, 0.1) is 11.0 Å². The smallest absolute Gasteiger partial charge is 0.338 e. The molecule has 19 heavy (non-hydrogen) atoms. The molecule has 1 aliphatic carbocycles. The van der Waals surface area contributed by atoms with Crippen LogP contribution in [0.3, 0.4) is 0 Å². The fraction of sp³-hybridized carbons (Fsp3) is 0.417. The highest BCUT2D eigenvalue weighted by Gasteiger charge is 2.26. The van der Waals surface area contributed by atoms with Crippen LogP contribution in [0, 0.1) is 15.9 Å². The van der Waals surface area contributed by atoms with Crippen molar-refractivity contribution in [1.29, 1.82) is 0 Å². The first-order valence-electron chi connectivity index (χ1n) is 5.87. The molecule has 1 N–H and O–H groups in total. The van der Waals surface area contributed by atoms with Gasteiger partial charge in [0.15, 0.2) is 5.75 Å². The number of hydrogen-bond donors (Lipinski definition) is 1. The molecule has 1 aliphatic rings. The summed E-state index contributed by atoms with van der Waals surface area (Å²) in [5.41, 5.74) is -1.25. The summed E-state index contributed by atoms with van der Waals surface area (Å²) >= 11 is 0. The number of carbonyl (C=O) groups is 1. The van der Waals surface area contributed by atoms with Crippen LogP contribution in [0.4, 0.5) is 10.1 Å². The lowest BCUT2D eigenvalue weighted by Crippen LogP contribution is -2.13. The quantitative estimate of drug-likeness (QED) is 0.670. The first-order valence-corrected chi connectivity index (χ1v) is 5.87. The second kappa shape index (κ2) is 5.21. The fourth-order valence-corrected chi connectivity index (χ4v) is 2.13. The van der Waals surface area contributed by atoms with Gasteiger partial charge in [0.25, 0.3) is 0 Å². The molecule has 0 amide bonds. The van der Waals surface area contributed by atoms with E-state index in [-0.39, 0.29) is 11.9 Å². The average Bonchev–Trinajstić information content (AvgIpc) is 2.81. The zero-order chi connectivity index (χ0) is 14.0. The predicted molar refractivity (Wildman–Crippen MR) is 62.9 cm³/mol. The van der Waals surface area contributed by atoms with Gasteiger partial charge >= 0.3 is 11.7 Å². The summed E-state index contributed by atoms with van der Waals surface area (Å²) in [5, 5.41) is 19.6. The first kappa shape index (κ1) is 13.3. The van der Waals surface area contributed by atoms with Crippen molar-refractivity contribution in [3.8, 4) is 5.75 Å². The molecule has 0 spiro atoms. The van der Waals surface area contributed by atoms with Crippen molar-refractivity contribution in [2.24, 2.45) is 0 Å². The number of nitro groups is 1. The minimum atomic E-state index is -1.55. The second-order valence-electron chi connectivity index (χ2n) is 4.39. The molecule has 6 nitrogen and oxygen atoms in total. The maximum Gasteiger partial charge on any atom is 0.338 e. The van der Waals surface area contributed by atoms with Crippen molar-refractivity contribution in [2.45, 2.75) is 31.8 Å². The van der Waals surface area contributed by atoms with Crippen LogP contribution in [0.1, 0.15) is 36.0 Å². The second-order valence-corrected chi connectivity index (χ2v) is 4.39. The van der Waals surface area contributed by atoms with Crippen LogP contribution in [-0.4, -0.2) is 22.1 Å². The lowest BCUT2D eigenvalue weighted by molar-refractivity contribution is -0.386. The summed E-state index contributed by atoms with van der Waals surface area (Å²) in [7, 11) is 0. The molecule has 0 heterocycles. The van der Waals surface area contributed by atoms with Gasteiger partial charge in [-0.2, -0.15) is 0 Å². The van der Waals surface area contributed by atoms with Crippen LogP contribution in [0.2, 0.25) is 0 Å². The Labute approximate surface area is 108 Å². The monoisotopic (exact) mass is 269 g/mol. The van der Waals surface area contributed by atoms with Gasteiger partial charge in [0.2, 0.25) is 0 Å². The minimum absolute atomic E-state index is 0.172. The number of ether oxygens (including phenoxy) is 1. The van der Waals surface area contributed by atoms with Crippen molar-refractivity contribution in [3.05, 3.63) is 33.6 Å². The highest BCUT2D eigenvalue weighted by atomic mass is 19.1. The van der Waals surface area contributed by atoms with Crippen LogP contribution in [-0.2, 0) is 0 Å². The standard InChI is InChI=1S/C12H12FNO5/c13-9-6-11(19-7-3-1-2-4-7)10(14(17)18)5-8(9)12(15)16/h5-7H,1-4H2,(H,15,16). The Kier molecular flexibility index (Phi) is 3.64. The Bertz CT molecular complexity index is 525. The topological polar surface area (TPSA) is 89.7 Å². The van der Waals surface area contributed by atoms with Crippen LogP contribution < -0.4 is 4.74 Å². The molecule has 0 saturated heterocycles. The summed E-state index contributed by atoms with van der Waals surface area (Å²) in [4.78, 5) is 20.9. The number of rotatable bonds is 4. The first-order chi connectivity index (χ1) is 8.99. The Balaban J connectivity index is 2.38.